The molecule has 4 atom stereocenters. The van der Waals surface area contributed by atoms with E-state index in [0.717, 1.165) is 22.3 Å². The van der Waals surface area contributed by atoms with Gasteiger partial charge in [-0.2, -0.15) is 0 Å². The second-order valence-corrected chi connectivity index (χ2v) is 9.66. The summed E-state index contributed by atoms with van der Waals surface area (Å²) in [6, 6.07) is 19.2. The molecular formula is C31H32O5. The lowest BCUT2D eigenvalue weighted by Gasteiger charge is -2.39. The predicted molar refractivity (Wildman–Crippen MR) is 139 cm³/mol. The lowest BCUT2D eigenvalue weighted by atomic mass is 9.62. The quantitative estimate of drug-likeness (QED) is 0.247. The largest absolute Gasteiger partial charge is 0.465 e. The number of esters is 2. The molecule has 186 valence electrons. The third kappa shape index (κ3) is 3.83. The van der Waals surface area contributed by atoms with E-state index in [1.807, 2.05) is 60.7 Å². The van der Waals surface area contributed by atoms with Gasteiger partial charge in [0.15, 0.2) is 5.78 Å². The standard InChI is InChI=1S/C31H32O5/c1-5-7-19-35-27(32)25-26(28(33)36-20-8-6-2)31(4)24(22-17-13-10-14-18-22)23(30(25,3)29(31)34)21-15-11-9-12-16-21/h5-6,9-18,25-26H,1-2,7-8,19-20H2,3-4H3/t25-,26-,30-,31-/m1/s1. The SMILES string of the molecule is C=CCCOC(=O)[C@H]1[C@H](C(=O)OCCC=C)[C@]2(C)C(=O)[C@]1(C)C(c1ccccc1)=C2c1ccccc1. The lowest BCUT2D eigenvalue weighted by Crippen LogP contribution is -2.44. The van der Waals surface area contributed by atoms with E-state index in [-0.39, 0.29) is 19.0 Å². The van der Waals surface area contributed by atoms with Gasteiger partial charge in [-0.25, -0.2) is 0 Å². The Morgan fingerprint density at radius 2 is 1.11 bits per heavy atom. The van der Waals surface area contributed by atoms with Crippen LogP contribution in [-0.4, -0.2) is 30.9 Å². The molecule has 4 rings (SSSR count). The van der Waals surface area contributed by atoms with Crippen LogP contribution in [0.5, 0.6) is 0 Å². The normalized spacial score (nSPS) is 26.6. The number of ether oxygens (including phenoxy) is 2. The number of ketones is 1. The molecular weight excluding hydrogens is 452 g/mol. The van der Waals surface area contributed by atoms with Crippen LogP contribution in [0.15, 0.2) is 86.0 Å². The number of allylic oxidation sites excluding steroid dienone is 2. The number of rotatable bonds is 10. The monoisotopic (exact) mass is 484 g/mol. The van der Waals surface area contributed by atoms with E-state index < -0.39 is 34.6 Å². The molecule has 5 nitrogen and oxygen atoms in total. The smallest absolute Gasteiger partial charge is 0.311 e. The zero-order valence-electron chi connectivity index (χ0n) is 20.9. The molecule has 0 aromatic heterocycles. The molecule has 2 bridgehead atoms. The Balaban J connectivity index is 1.96. The molecule has 0 amide bonds. The van der Waals surface area contributed by atoms with Gasteiger partial charge in [0.2, 0.25) is 0 Å². The molecule has 0 saturated heterocycles. The van der Waals surface area contributed by atoms with Crippen LogP contribution in [0.1, 0.15) is 37.8 Å². The average Bonchev–Trinajstić information content (AvgIpc) is 3.18. The zero-order chi connectivity index (χ0) is 25.9. The fraction of sp³-hybridized carbons (Fsp3) is 0.323. The molecule has 0 radical (unpaired) electrons. The van der Waals surface area contributed by atoms with Crippen LogP contribution in [0.2, 0.25) is 0 Å². The van der Waals surface area contributed by atoms with Crippen molar-refractivity contribution in [1.82, 2.24) is 0 Å². The Hall–Kier alpha value is -3.73. The highest BCUT2D eigenvalue weighted by Gasteiger charge is 2.76. The summed E-state index contributed by atoms with van der Waals surface area (Å²) in [7, 11) is 0. The fourth-order valence-electron chi connectivity index (χ4n) is 6.05. The van der Waals surface area contributed by atoms with Crippen LogP contribution in [0, 0.1) is 22.7 Å². The first-order valence-corrected chi connectivity index (χ1v) is 12.3. The van der Waals surface area contributed by atoms with Gasteiger partial charge in [0.05, 0.1) is 35.9 Å². The number of carbonyl (C=O) groups excluding carboxylic acids is 3. The van der Waals surface area contributed by atoms with Gasteiger partial charge in [0, 0.05) is 0 Å². The molecule has 5 heteroatoms. The van der Waals surface area contributed by atoms with Gasteiger partial charge in [-0.3, -0.25) is 14.4 Å². The van der Waals surface area contributed by atoms with E-state index in [1.165, 1.54) is 0 Å². The highest BCUT2D eigenvalue weighted by Crippen LogP contribution is 2.71. The van der Waals surface area contributed by atoms with E-state index in [0.29, 0.717) is 12.8 Å². The maximum Gasteiger partial charge on any atom is 0.311 e. The summed E-state index contributed by atoms with van der Waals surface area (Å²) in [4.78, 5) is 41.6. The van der Waals surface area contributed by atoms with Gasteiger partial charge < -0.3 is 9.47 Å². The van der Waals surface area contributed by atoms with Crippen LogP contribution >= 0.6 is 0 Å². The first-order valence-electron chi connectivity index (χ1n) is 12.3. The van der Waals surface area contributed by atoms with Crippen molar-refractivity contribution in [2.24, 2.45) is 22.7 Å². The molecule has 2 aliphatic carbocycles. The summed E-state index contributed by atoms with van der Waals surface area (Å²) in [5.74, 6) is -3.33. The van der Waals surface area contributed by atoms with Crippen LogP contribution in [0.3, 0.4) is 0 Å². The molecule has 1 fully saturated rings. The molecule has 1 saturated carbocycles. The van der Waals surface area contributed by atoms with E-state index >= 15 is 0 Å². The molecule has 2 aliphatic rings. The molecule has 2 aromatic rings. The third-order valence-electron chi connectivity index (χ3n) is 7.57. The van der Waals surface area contributed by atoms with Crippen molar-refractivity contribution in [3.8, 4) is 0 Å². The number of fused-ring (bicyclic) bond motifs is 2. The number of hydrogen-bond acceptors (Lipinski definition) is 5. The summed E-state index contributed by atoms with van der Waals surface area (Å²) < 4.78 is 11.2. The lowest BCUT2D eigenvalue weighted by molar-refractivity contribution is -0.163. The molecule has 0 unspecified atom stereocenters. The van der Waals surface area contributed by atoms with Crippen LogP contribution < -0.4 is 0 Å². The number of benzene rings is 2. The Bertz CT molecular complexity index is 1120. The minimum absolute atomic E-state index is 0.133. The molecule has 0 aliphatic heterocycles. The molecule has 0 spiro atoms. The zero-order valence-corrected chi connectivity index (χ0v) is 20.9. The van der Waals surface area contributed by atoms with E-state index in [2.05, 4.69) is 13.2 Å². The fourth-order valence-corrected chi connectivity index (χ4v) is 6.05. The van der Waals surface area contributed by atoms with Crippen molar-refractivity contribution in [3.63, 3.8) is 0 Å². The Labute approximate surface area is 212 Å². The van der Waals surface area contributed by atoms with Gasteiger partial charge >= 0.3 is 11.9 Å². The van der Waals surface area contributed by atoms with Crippen molar-refractivity contribution in [3.05, 3.63) is 97.1 Å². The second-order valence-electron chi connectivity index (χ2n) is 9.66. The molecule has 0 heterocycles. The Morgan fingerprint density at radius 1 is 0.750 bits per heavy atom. The van der Waals surface area contributed by atoms with Crippen molar-refractivity contribution in [1.29, 1.82) is 0 Å². The van der Waals surface area contributed by atoms with Gasteiger partial charge in [0.25, 0.3) is 0 Å². The number of carbonyl (C=O) groups is 3. The minimum atomic E-state index is -1.27. The summed E-state index contributed by atoms with van der Waals surface area (Å²) in [5, 5.41) is 0. The maximum atomic E-state index is 14.4. The first kappa shape index (κ1) is 25.4. The van der Waals surface area contributed by atoms with Gasteiger partial charge in [-0.05, 0) is 49.0 Å². The summed E-state index contributed by atoms with van der Waals surface area (Å²) in [6.07, 6.45) is 4.27. The molecule has 0 N–H and O–H groups in total. The second kappa shape index (κ2) is 10.1. The van der Waals surface area contributed by atoms with Crippen LogP contribution in [0.25, 0.3) is 11.1 Å². The summed E-state index contributed by atoms with van der Waals surface area (Å²) in [5.41, 5.74) is 0.686. The number of Topliss-reactive ketones (excluding diaryl/α,β-unsaturated/α-hetero) is 1. The van der Waals surface area contributed by atoms with E-state index in [4.69, 9.17) is 9.47 Å². The summed E-state index contributed by atoms with van der Waals surface area (Å²) in [6.45, 7) is 11.2. The van der Waals surface area contributed by atoms with E-state index in [9.17, 15) is 14.4 Å². The van der Waals surface area contributed by atoms with Gasteiger partial charge in [-0.1, -0.05) is 72.8 Å². The van der Waals surface area contributed by atoms with Gasteiger partial charge in [0.1, 0.15) is 0 Å². The predicted octanol–water partition coefficient (Wildman–Crippen LogP) is 5.68. The molecule has 2 aromatic carbocycles. The van der Waals surface area contributed by atoms with Gasteiger partial charge in [-0.15, -0.1) is 13.2 Å². The molecule has 36 heavy (non-hydrogen) atoms. The number of hydrogen-bond donors (Lipinski definition) is 0. The van der Waals surface area contributed by atoms with Crippen molar-refractivity contribution >= 4 is 28.9 Å². The highest BCUT2D eigenvalue weighted by atomic mass is 16.5. The maximum absolute atomic E-state index is 14.4. The third-order valence-corrected chi connectivity index (χ3v) is 7.57. The topological polar surface area (TPSA) is 69.7 Å². The Morgan fingerprint density at radius 3 is 1.44 bits per heavy atom. The summed E-state index contributed by atoms with van der Waals surface area (Å²) >= 11 is 0. The van der Waals surface area contributed by atoms with Crippen LogP contribution in [-0.2, 0) is 23.9 Å². The first-order chi connectivity index (χ1) is 17.3. The van der Waals surface area contributed by atoms with Crippen molar-refractivity contribution in [2.45, 2.75) is 26.7 Å². The Kier molecular flexibility index (Phi) is 7.11. The van der Waals surface area contributed by atoms with E-state index in [1.54, 1.807) is 26.0 Å². The minimum Gasteiger partial charge on any atom is -0.465 e. The van der Waals surface area contributed by atoms with Crippen molar-refractivity contribution < 1.29 is 23.9 Å². The highest BCUT2D eigenvalue weighted by molar-refractivity contribution is 6.26. The van der Waals surface area contributed by atoms with Crippen LogP contribution in [0.4, 0.5) is 0 Å². The average molecular weight is 485 g/mol. The van der Waals surface area contributed by atoms with Crippen molar-refractivity contribution in [2.75, 3.05) is 13.2 Å².